The number of phosphoric ester groups is 1. The summed E-state index contributed by atoms with van der Waals surface area (Å²) >= 11 is 1.82. The molecule has 1 aliphatic rings. The van der Waals surface area contributed by atoms with Gasteiger partial charge in [0.2, 0.25) is 0 Å². The second-order valence-electron chi connectivity index (χ2n) is 10.6. The Morgan fingerprint density at radius 1 is 1.05 bits per heavy atom. The quantitative estimate of drug-likeness (QED) is 0.121. The maximum atomic E-state index is 12.4. The molecular weight excluding hydrogens is 555 g/mol. The molecule has 0 saturated carbocycles. The summed E-state index contributed by atoms with van der Waals surface area (Å²) in [6.45, 7) is 3.50. The number of unbranched alkanes of at least 4 members (excludes halogenated alkanes) is 9. The highest BCUT2D eigenvalue weighted by atomic mass is 32.2. The standard InChI is InChI=1S/C27H47N4O7PS/c1-3-4-5-6-7-8-9-10-11-12-17-40-18-13-16-36-39(34,35)37-19-22-24(32)25(33)27(2,38-22)23-15-14-21-26(28)29-20-30-31(21)23/h14-15,20,22,24-25,32-33H,3-13,16-19H2,1-2H3,(H,34,35)(H2,28,29,30)/t22-,24-,25-,27+/m1/s1. The van der Waals surface area contributed by atoms with Gasteiger partial charge in [0.15, 0.2) is 5.82 Å². The molecule has 228 valence electrons. The Labute approximate surface area is 241 Å². The third kappa shape index (κ3) is 9.39. The molecule has 0 bridgehead atoms. The van der Waals surface area contributed by atoms with Crippen LogP contribution in [0.3, 0.4) is 0 Å². The van der Waals surface area contributed by atoms with Crippen molar-refractivity contribution in [1.82, 2.24) is 14.6 Å². The van der Waals surface area contributed by atoms with Gasteiger partial charge in [0.05, 0.1) is 18.9 Å². The molecule has 0 amide bonds. The summed E-state index contributed by atoms with van der Waals surface area (Å²) in [5, 5.41) is 25.5. The first-order valence-corrected chi connectivity index (χ1v) is 17.2. The second kappa shape index (κ2) is 16.4. The zero-order valence-electron chi connectivity index (χ0n) is 23.8. The number of aliphatic hydroxyl groups excluding tert-OH is 2. The highest BCUT2D eigenvalue weighted by Crippen LogP contribution is 2.46. The largest absolute Gasteiger partial charge is 0.472 e. The van der Waals surface area contributed by atoms with Gasteiger partial charge in [0.1, 0.15) is 35.8 Å². The van der Waals surface area contributed by atoms with Crippen LogP contribution in [0.1, 0.15) is 90.2 Å². The van der Waals surface area contributed by atoms with Crippen LogP contribution in [-0.2, 0) is 24.0 Å². The summed E-state index contributed by atoms with van der Waals surface area (Å²) in [5.41, 5.74) is 5.50. The van der Waals surface area contributed by atoms with Gasteiger partial charge < -0.3 is 25.6 Å². The van der Waals surface area contributed by atoms with Gasteiger partial charge in [-0.1, -0.05) is 64.7 Å². The van der Waals surface area contributed by atoms with Crippen molar-refractivity contribution in [3.8, 4) is 0 Å². The van der Waals surface area contributed by atoms with Gasteiger partial charge >= 0.3 is 7.82 Å². The van der Waals surface area contributed by atoms with Gasteiger partial charge in [-0.3, -0.25) is 9.05 Å². The van der Waals surface area contributed by atoms with Crippen LogP contribution in [0.2, 0.25) is 0 Å². The van der Waals surface area contributed by atoms with E-state index < -0.39 is 38.3 Å². The minimum absolute atomic E-state index is 0.0878. The fraction of sp³-hybridized carbons (Fsp3) is 0.778. The van der Waals surface area contributed by atoms with Crippen LogP contribution >= 0.6 is 19.6 Å². The van der Waals surface area contributed by atoms with Crippen LogP contribution in [0.15, 0.2) is 18.5 Å². The molecule has 2 aromatic rings. The Kier molecular flexibility index (Phi) is 13.6. The van der Waals surface area contributed by atoms with Gasteiger partial charge in [-0.25, -0.2) is 14.1 Å². The molecule has 0 radical (unpaired) electrons. The topological polar surface area (TPSA) is 162 Å². The van der Waals surface area contributed by atoms with Crippen LogP contribution in [0.5, 0.6) is 0 Å². The van der Waals surface area contributed by atoms with Crippen LogP contribution in [0, 0.1) is 0 Å². The number of rotatable bonds is 20. The van der Waals surface area contributed by atoms with Crippen molar-refractivity contribution in [1.29, 1.82) is 0 Å². The summed E-state index contributed by atoms with van der Waals surface area (Å²) in [6.07, 6.45) is 11.3. The Morgan fingerprint density at radius 2 is 1.70 bits per heavy atom. The van der Waals surface area contributed by atoms with E-state index in [-0.39, 0.29) is 12.4 Å². The van der Waals surface area contributed by atoms with Crippen molar-refractivity contribution in [3.05, 3.63) is 24.2 Å². The summed E-state index contributed by atoms with van der Waals surface area (Å²) in [4.78, 5) is 14.0. The molecule has 5 atom stereocenters. The van der Waals surface area contributed by atoms with Gasteiger partial charge in [-0.15, -0.1) is 0 Å². The van der Waals surface area contributed by atoms with Gasteiger partial charge in [-0.2, -0.15) is 16.9 Å². The van der Waals surface area contributed by atoms with Crippen molar-refractivity contribution in [3.63, 3.8) is 0 Å². The molecule has 1 saturated heterocycles. The van der Waals surface area contributed by atoms with E-state index in [1.165, 1.54) is 75.1 Å². The van der Waals surface area contributed by atoms with Crippen LogP contribution in [0.25, 0.3) is 5.52 Å². The van der Waals surface area contributed by atoms with Crippen molar-refractivity contribution < 1.29 is 33.5 Å². The number of ether oxygens (including phenoxy) is 1. The number of nitrogen functional groups attached to an aromatic ring is 1. The van der Waals surface area contributed by atoms with E-state index in [1.54, 1.807) is 19.1 Å². The number of anilines is 1. The van der Waals surface area contributed by atoms with E-state index in [4.69, 9.17) is 19.5 Å². The molecule has 5 N–H and O–H groups in total. The number of aromatic nitrogens is 3. The predicted octanol–water partition coefficient (Wildman–Crippen LogP) is 4.83. The summed E-state index contributed by atoms with van der Waals surface area (Å²) in [6, 6.07) is 3.36. The Bertz CT molecular complexity index is 1080. The van der Waals surface area contributed by atoms with Crippen LogP contribution < -0.4 is 5.73 Å². The van der Waals surface area contributed by atoms with Gasteiger partial charge in [0, 0.05) is 0 Å². The monoisotopic (exact) mass is 602 g/mol. The number of fused-ring (bicyclic) bond motifs is 1. The summed E-state index contributed by atoms with van der Waals surface area (Å²) < 4.78 is 30.0. The van der Waals surface area contributed by atoms with E-state index in [9.17, 15) is 19.7 Å². The van der Waals surface area contributed by atoms with Crippen LogP contribution in [0.4, 0.5) is 5.82 Å². The van der Waals surface area contributed by atoms with Gasteiger partial charge in [-0.05, 0) is 43.4 Å². The summed E-state index contributed by atoms with van der Waals surface area (Å²) in [7, 11) is -4.35. The number of thioether (sulfide) groups is 1. The molecule has 3 heterocycles. The number of hydrogen-bond acceptors (Lipinski definition) is 10. The molecule has 0 aliphatic carbocycles. The minimum Gasteiger partial charge on any atom is -0.387 e. The Balaban J connectivity index is 1.29. The fourth-order valence-corrected chi connectivity index (χ4v) is 6.70. The van der Waals surface area contributed by atoms with Crippen LogP contribution in [-0.4, -0.2) is 72.7 Å². The average Bonchev–Trinajstić information content (AvgIpc) is 3.47. The number of nitrogens with zero attached hydrogens (tertiary/aromatic N) is 3. The number of hydrogen-bond donors (Lipinski definition) is 4. The third-order valence-electron chi connectivity index (χ3n) is 7.39. The third-order valence-corrected chi connectivity index (χ3v) is 9.53. The first kappa shape index (κ1) is 33.3. The highest BCUT2D eigenvalue weighted by molar-refractivity contribution is 7.99. The first-order valence-electron chi connectivity index (χ1n) is 14.5. The molecule has 40 heavy (non-hydrogen) atoms. The SMILES string of the molecule is CCCCCCCCCCCCSCCCOP(=O)(O)OC[C@H]1O[C@@](C)(c2ccc3c(N)ncnn23)[C@H](O)[C@@H]1O. The van der Waals surface area contributed by atoms with E-state index in [0.717, 1.165) is 11.5 Å². The Hall–Kier alpha value is -1.24. The second-order valence-corrected chi connectivity index (χ2v) is 13.3. The average molecular weight is 603 g/mol. The maximum absolute atomic E-state index is 12.4. The molecule has 0 spiro atoms. The molecular formula is C27H47N4O7PS. The lowest BCUT2D eigenvalue weighted by Gasteiger charge is -2.27. The van der Waals surface area contributed by atoms with E-state index in [1.807, 2.05) is 11.8 Å². The Morgan fingerprint density at radius 3 is 2.40 bits per heavy atom. The van der Waals surface area contributed by atoms with E-state index in [2.05, 4.69) is 17.0 Å². The molecule has 1 unspecified atom stereocenters. The highest BCUT2D eigenvalue weighted by Gasteiger charge is 2.54. The van der Waals surface area contributed by atoms with Crippen molar-refractivity contribution in [2.45, 2.75) is 108 Å². The van der Waals surface area contributed by atoms with E-state index >= 15 is 0 Å². The minimum atomic E-state index is -4.35. The molecule has 1 fully saturated rings. The summed E-state index contributed by atoms with van der Waals surface area (Å²) in [5.74, 6) is 2.18. The zero-order valence-corrected chi connectivity index (χ0v) is 25.5. The lowest BCUT2D eigenvalue weighted by molar-refractivity contribution is -0.0888. The predicted molar refractivity (Wildman–Crippen MR) is 157 cm³/mol. The lowest BCUT2D eigenvalue weighted by Crippen LogP contribution is -2.39. The maximum Gasteiger partial charge on any atom is 0.472 e. The number of aliphatic hydroxyl groups is 2. The van der Waals surface area contributed by atoms with Crippen molar-refractivity contribution in [2.24, 2.45) is 0 Å². The number of phosphoric acid groups is 1. The molecule has 11 nitrogen and oxygen atoms in total. The smallest absolute Gasteiger partial charge is 0.387 e. The van der Waals surface area contributed by atoms with Gasteiger partial charge in [0.25, 0.3) is 0 Å². The molecule has 3 rings (SSSR count). The van der Waals surface area contributed by atoms with Crippen molar-refractivity contribution >= 4 is 30.9 Å². The zero-order chi connectivity index (χ0) is 29.0. The van der Waals surface area contributed by atoms with E-state index in [0.29, 0.717) is 17.6 Å². The van der Waals surface area contributed by atoms with Crippen molar-refractivity contribution in [2.75, 3.05) is 30.5 Å². The molecule has 1 aliphatic heterocycles. The number of nitrogens with two attached hydrogens (primary N) is 1. The first-order chi connectivity index (χ1) is 19.2. The normalized spacial score (nSPS) is 24.6. The molecule has 0 aromatic carbocycles. The molecule has 13 heteroatoms. The fourth-order valence-electron chi connectivity index (χ4n) is 5.00. The lowest BCUT2D eigenvalue weighted by atomic mass is 9.93. The molecule has 2 aromatic heterocycles.